The molecule has 0 radical (unpaired) electrons. The summed E-state index contributed by atoms with van der Waals surface area (Å²) >= 11 is 7.58. The Hall–Kier alpha value is -2.74. The number of aliphatic hydroxyl groups is 1. The average molecular weight is 471 g/mol. The Morgan fingerprint density at radius 3 is 2.56 bits per heavy atom. The number of β-amino-alcohol motifs (C(OH)–C–C–N with tert-alkyl or cyclic N) is 1. The number of carboxylic acids is 1. The van der Waals surface area contributed by atoms with Gasteiger partial charge < -0.3 is 10.2 Å². The van der Waals surface area contributed by atoms with Crippen LogP contribution >= 0.6 is 22.9 Å². The number of halogens is 1. The first kappa shape index (κ1) is 22.5. The number of anilines is 1. The third-order valence-corrected chi connectivity index (χ3v) is 6.96. The lowest BCUT2D eigenvalue weighted by molar-refractivity contribution is -0.141. The highest BCUT2D eigenvalue weighted by molar-refractivity contribution is 7.14. The lowest BCUT2D eigenvalue weighted by Gasteiger charge is -2.34. The molecule has 166 valence electrons. The van der Waals surface area contributed by atoms with E-state index in [0.29, 0.717) is 28.7 Å². The molecule has 0 aliphatic carbocycles. The Balaban J connectivity index is 1.71. The van der Waals surface area contributed by atoms with E-state index in [4.69, 9.17) is 11.6 Å². The zero-order valence-corrected chi connectivity index (χ0v) is 18.8. The van der Waals surface area contributed by atoms with Gasteiger partial charge in [0.05, 0.1) is 30.7 Å². The van der Waals surface area contributed by atoms with Crippen molar-refractivity contribution < 1.29 is 19.8 Å². The van der Waals surface area contributed by atoms with Crippen LogP contribution in [-0.4, -0.2) is 39.7 Å². The lowest BCUT2D eigenvalue weighted by Crippen LogP contribution is -2.45. The number of carbonyl (C=O) groups excluding carboxylic acids is 1. The topological polar surface area (TPSA) is 90.7 Å². The first-order chi connectivity index (χ1) is 15.4. The number of hydrogen-bond donors (Lipinski definition) is 2. The molecule has 2 N–H and O–H groups in total. The molecule has 1 aliphatic heterocycles. The van der Waals surface area contributed by atoms with Gasteiger partial charge in [-0.05, 0) is 30.4 Å². The van der Waals surface area contributed by atoms with Gasteiger partial charge >= 0.3 is 5.97 Å². The number of hydrogen-bond acceptors (Lipinski definition) is 5. The number of carboxylic acid groups (broad SMARTS) is 1. The summed E-state index contributed by atoms with van der Waals surface area (Å²) in [6.07, 6.45) is -0.0231. The van der Waals surface area contributed by atoms with E-state index in [1.807, 2.05) is 53.9 Å². The van der Waals surface area contributed by atoms with E-state index >= 15 is 0 Å². The molecule has 8 heteroatoms. The highest BCUT2D eigenvalue weighted by Gasteiger charge is 2.38. The molecule has 6 nitrogen and oxygen atoms in total. The quantitative estimate of drug-likeness (QED) is 0.557. The van der Waals surface area contributed by atoms with Gasteiger partial charge in [-0.2, -0.15) is 0 Å². The van der Waals surface area contributed by atoms with Crippen LogP contribution in [0.3, 0.4) is 0 Å². The van der Waals surface area contributed by atoms with E-state index in [9.17, 15) is 19.8 Å². The van der Waals surface area contributed by atoms with Gasteiger partial charge in [0.2, 0.25) is 5.91 Å². The monoisotopic (exact) mass is 470 g/mol. The number of aliphatic hydroxyl groups excluding tert-OH is 1. The number of amides is 1. The molecule has 3 unspecified atom stereocenters. The fourth-order valence-electron chi connectivity index (χ4n) is 4.21. The number of carbonyl (C=O) groups is 2. The molecule has 32 heavy (non-hydrogen) atoms. The molecule has 0 bridgehead atoms. The minimum Gasteiger partial charge on any atom is -0.481 e. The summed E-state index contributed by atoms with van der Waals surface area (Å²) in [6, 6.07) is 16.8. The van der Waals surface area contributed by atoms with Crippen LogP contribution in [0, 0.1) is 5.92 Å². The van der Waals surface area contributed by atoms with Gasteiger partial charge in [0, 0.05) is 16.0 Å². The van der Waals surface area contributed by atoms with E-state index in [2.05, 4.69) is 4.98 Å². The van der Waals surface area contributed by atoms with E-state index < -0.39 is 18.0 Å². The minimum absolute atomic E-state index is 0.0753. The molecule has 2 heterocycles. The van der Waals surface area contributed by atoms with Crippen LogP contribution < -0.4 is 4.90 Å². The van der Waals surface area contributed by atoms with Gasteiger partial charge in [-0.1, -0.05) is 60.1 Å². The second-order valence-electron chi connectivity index (χ2n) is 7.90. The third kappa shape index (κ3) is 4.85. The van der Waals surface area contributed by atoms with Crippen molar-refractivity contribution >= 4 is 39.9 Å². The van der Waals surface area contributed by atoms with Crippen LogP contribution in [0.25, 0.3) is 11.3 Å². The molecule has 4 rings (SSSR count). The van der Waals surface area contributed by atoms with Crippen molar-refractivity contribution in [2.24, 2.45) is 5.92 Å². The summed E-state index contributed by atoms with van der Waals surface area (Å²) in [5, 5.41) is 23.0. The number of thiazole rings is 1. The normalized spacial score (nSPS) is 21.8. The molecule has 1 amide bonds. The molecule has 1 aromatic heterocycles. The maximum absolute atomic E-state index is 13.7. The van der Waals surface area contributed by atoms with Crippen LogP contribution in [0.15, 0.2) is 60.0 Å². The van der Waals surface area contributed by atoms with Gasteiger partial charge in [0.1, 0.15) is 0 Å². The number of aliphatic carboxylic acids is 1. The summed E-state index contributed by atoms with van der Waals surface area (Å²) in [7, 11) is 0. The molecule has 0 spiro atoms. The van der Waals surface area contributed by atoms with Crippen LogP contribution in [0.4, 0.5) is 5.13 Å². The van der Waals surface area contributed by atoms with E-state index in [0.717, 1.165) is 11.1 Å². The second-order valence-corrected chi connectivity index (χ2v) is 9.14. The van der Waals surface area contributed by atoms with Crippen molar-refractivity contribution in [2.45, 2.75) is 31.3 Å². The van der Waals surface area contributed by atoms with Gasteiger partial charge in [-0.15, -0.1) is 11.3 Å². The fourth-order valence-corrected chi connectivity index (χ4v) is 5.28. The predicted octanol–water partition coefficient (Wildman–Crippen LogP) is 4.83. The highest BCUT2D eigenvalue weighted by Crippen LogP contribution is 2.38. The Morgan fingerprint density at radius 1 is 1.12 bits per heavy atom. The molecular weight excluding hydrogens is 448 g/mol. The standard InChI is InChI=1S/C24H23ClN2O4S/c25-20-9-5-4-8-18(20)21-14-32-24(26-21)27-13-16(28)10-11-17(15-6-2-1-3-7-15)19(23(27)31)12-22(29)30/h1-9,14,16-17,19,28H,10-13H2,(H,29,30). The molecule has 3 aromatic rings. The van der Waals surface area contributed by atoms with Crippen molar-refractivity contribution in [2.75, 3.05) is 11.4 Å². The summed E-state index contributed by atoms with van der Waals surface area (Å²) in [6.45, 7) is 0.0753. The molecule has 2 aromatic carbocycles. The van der Waals surface area contributed by atoms with Crippen molar-refractivity contribution in [1.29, 1.82) is 0 Å². The molecule has 1 saturated heterocycles. The Kier molecular flexibility index (Phi) is 6.89. The Labute approximate surface area is 195 Å². The summed E-state index contributed by atoms with van der Waals surface area (Å²) in [5.41, 5.74) is 2.28. The molecular formula is C24H23ClN2O4S. The van der Waals surface area contributed by atoms with Gasteiger partial charge in [-0.3, -0.25) is 14.5 Å². The third-order valence-electron chi connectivity index (χ3n) is 5.77. The second kappa shape index (κ2) is 9.81. The molecule has 0 saturated carbocycles. The van der Waals surface area contributed by atoms with Gasteiger partial charge in [0.15, 0.2) is 5.13 Å². The van der Waals surface area contributed by atoms with Crippen LogP contribution in [0.1, 0.15) is 30.7 Å². The van der Waals surface area contributed by atoms with Gasteiger partial charge in [0.25, 0.3) is 0 Å². The van der Waals surface area contributed by atoms with Crippen molar-refractivity contribution in [3.05, 3.63) is 70.6 Å². The zero-order valence-electron chi connectivity index (χ0n) is 17.2. The Bertz CT molecular complexity index is 1100. The molecule has 3 atom stereocenters. The number of rotatable bonds is 5. The van der Waals surface area contributed by atoms with E-state index in [1.54, 1.807) is 6.07 Å². The summed E-state index contributed by atoms with van der Waals surface area (Å²) in [5.74, 6) is -2.42. The number of aromatic nitrogens is 1. The summed E-state index contributed by atoms with van der Waals surface area (Å²) in [4.78, 5) is 31.4. The maximum atomic E-state index is 13.7. The van der Waals surface area contributed by atoms with Crippen LogP contribution in [0.5, 0.6) is 0 Å². The van der Waals surface area contributed by atoms with Crippen molar-refractivity contribution in [3.63, 3.8) is 0 Å². The average Bonchev–Trinajstić information content (AvgIpc) is 3.26. The molecule has 1 aliphatic rings. The van der Waals surface area contributed by atoms with Crippen molar-refractivity contribution in [3.8, 4) is 11.3 Å². The van der Waals surface area contributed by atoms with Crippen LogP contribution in [0.2, 0.25) is 5.02 Å². The molecule has 1 fully saturated rings. The fraction of sp³-hybridized carbons (Fsp3) is 0.292. The van der Waals surface area contributed by atoms with Crippen molar-refractivity contribution in [1.82, 2.24) is 4.98 Å². The largest absolute Gasteiger partial charge is 0.481 e. The lowest BCUT2D eigenvalue weighted by atomic mass is 9.78. The predicted molar refractivity (Wildman–Crippen MR) is 125 cm³/mol. The summed E-state index contributed by atoms with van der Waals surface area (Å²) < 4.78 is 0. The van der Waals surface area contributed by atoms with Crippen LogP contribution in [-0.2, 0) is 9.59 Å². The van der Waals surface area contributed by atoms with E-state index in [1.165, 1.54) is 16.2 Å². The SMILES string of the molecule is O=C(O)CC1C(=O)N(c2nc(-c3ccccc3Cl)cs2)CC(O)CCC1c1ccccc1. The number of benzene rings is 2. The number of nitrogens with zero attached hydrogens (tertiary/aromatic N) is 2. The first-order valence-electron chi connectivity index (χ1n) is 10.4. The van der Waals surface area contributed by atoms with E-state index in [-0.39, 0.29) is 24.8 Å². The smallest absolute Gasteiger partial charge is 0.304 e. The zero-order chi connectivity index (χ0) is 22.7. The first-order valence-corrected chi connectivity index (χ1v) is 11.7. The maximum Gasteiger partial charge on any atom is 0.304 e. The Morgan fingerprint density at radius 2 is 1.84 bits per heavy atom. The highest BCUT2D eigenvalue weighted by atomic mass is 35.5. The van der Waals surface area contributed by atoms with Gasteiger partial charge in [-0.25, -0.2) is 4.98 Å². The minimum atomic E-state index is -1.03.